The Labute approximate surface area is 136 Å². The van der Waals surface area contributed by atoms with E-state index in [1.807, 2.05) is 0 Å². The Morgan fingerprint density at radius 1 is 1.52 bits per heavy atom. The summed E-state index contributed by atoms with van der Waals surface area (Å²) in [5, 5.41) is 30.6. The highest BCUT2D eigenvalue weighted by Crippen LogP contribution is 2.42. The molecule has 0 aliphatic carbocycles. The highest BCUT2D eigenvalue weighted by molar-refractivity contribution is 6.33. The summed E-state index contributed by atoms with van der Waals surface area (Å²) in [6.45, 7) is 3.12. The minimum absolute atomic E-state index is 0.0311. The molecule has 3 heterocycles. The zero-order chi connectivity index (χ0) is 16.8. The number of aliphatic hydroxyl groups is 3. The number of ether oxygens (including phenoxy) is 1. The second kappa shape index (κ2) is 5.69. The van der Waals surface area contributed by atoms with Gasteiger partial charge in [0.05, 0.1) is 12.9 Å². The van der Waals surface area contributed by atoms with Crippen LogP contribution in [0.25, 0.3) is 11.2 Å². The average Bonchev–Trinajstić information content (AvgIpc) is 3.01. The van der Waals surface area contributed by atoms with E-state index in [4.69, 9.17) is 22.1 Å². The molecule has 2 aromatic rings. The Morgan fingerprint density at radius 3 is 2.91 bits per heavy atom. The number of nitrogen functional groups attached to an aromatic ring is 1. The number of aromatic nitrogens is 4. The van der Waals surface area contributed by atoms with E-state index in [-0.39, 0.29) is 28.7 Å². The van der Waals surface area contributed by atoms with E-state index in [0.717, 1.165) is 0 Å². The molecule has 4 atom stereocenters. The first-order chi connectivity index (χ1) is 10.9. The van der Waals surface area contributed by atoms with E-state index >= 15 is 0 Å². The maximum absolute atomic E-state index is 10.9. The van der Waals surface area contributed by atoms with Crippen LogP contribution in [0.4, 0.5) is 5.95 Å². The number of rotatable bonds is 4. The Balaban J connectivity index is 2.14. The van der Waals surface area contributed by atoms with E-state index in [1.54, 1.807) is 0 Å². The van der Waals surface area contributed by atoms with Crippen molar-refractivity contribution in [3.63, 3.8) is 0 Å². The van der Waals surface area contributed by atoms with Crippen molar-refractivity contribution in [1.29, 1.82) is 0 Å². The summed E-state index contributed by atoms with van der Waals surface area (Å²) in [4.78, 5) is 12.0. The van der Waals surface area contributed by atoms with Gasteiger partial charge in [0, 0.05) is 6.42 Å². The van der Waals surface area contributed by atoms with Crippen molar-refractivity contribution in [2.75, 3.05) is 12.3 Å². The predicted molar refractivity (Wildman–Crippen MR) is 81.5 cm³/mol. The smallest absolute Gasteiger partial charge is 0.223 e. The van der Waals surface area contributed by atoms with Crippen LogP contribution in [0.1, 0.15) is 12.6 Å². The molecule has 1 saturated heterocycles. The molecule has 23 heavy (non-hydrogen) atoms. The van der Waals surface area contributed by atoms with E-state index in [9.17, 15) is 15.3 Å². The molecule has 5 N–H and O–H groups in total. The van der Waals surface area contributed by atoms with Crippen LogP contribution in [0.3, 0.4) is 0 Å². The molecule has 1 aliphatic heterocycles. The molecule has 3 rings (SSSR count). The summed E-state index contributed by atoms with van der Waals surface area (Å²) in [6, 6.07) is 0. The molecule has 10 heteroatoms. The van der Waals surface area contributed by atoms with Gasteiger partial charge in [0.15, 0.2) is 17.0 Å². The molecular weight excluding hydrogens is 326 g/mol. The summed E-state index contributed by atoms with van der Waals surface area (Å²) in [7, 11) is 0. The average molecular weight is 342 g/mol. The molecule has 1 fully saturated rings. The number of halogens is 1. The van der Waals surface area contributed by atoms with Crippen LogP contribution >= 0.6 is 11.6 Å². The monoisotopic (exact) mass is 341 g/mol. The lowest BCUT2D eigenvalue weighted by molar-refractivity contribution is -0.105. The van der Waals surface area contributed by atoms with Gasteiger partial charge in [-0.1, -0.05) is 17.7 Å². The summed E-state index contributed by atoms with van der Waals surface area (Å²) in [6.07, 6.45) is -0.490. The van der Waals surface area contributed by atoms with Gasteiger partial charge in [-0.3, -0.25) is 4.57 Å². The Hall–Kier alpha value is -1.78. The Morgan fingerprint density at radius 2 is 2.26 bits per heavy atom. The second-order valence-electron chi connectivity index (χ2n) is 5.34. The van der Waals surface area contributed by atoms with Gasteiger partial charge in [-0.15, -0.1) is 6.58 Å². The largest absolute Gasteiger partial charge is 0.394 e. The number of nitrogens with zero attached hydrogens (tertiary/aromatic N) is 4. The zero-order valence-corrected chi connectivity index (χ0v) is 12.8. The summed E-state index contributed by atoms with van der Waals surface area (Å²) >= 11 is 5.98. The Kier molecular flexibility index (Phi) is 3.98. The van der Waals surface area contributed by atoms with Crippen molar-refractivity contribution in [2.45, 2.75) is 30.5 Å². The molecule has 0 unspecified atom stereocenters. The quantitative estimate of drug-likeness (QED) is 0.436. The van der Waals surface area contributed by atoms with Crippen LogP contribution in [-0.2, 0) is 4.74 Å². The molecule has 2 aromatic heterocycles. The molecular formula is C13H16ClN5O4. The van der Waals surface area contributed by atoms with Gasteiger partial charge in [0.25, 0.3) is 0 Å². The lowest BCUT2D eigenvalue weighted by Crippen LogP contribution is -2.46. The Bertz CT molecular complexity index is 753. The van der Waals surface area contributed by atoms with Gasteiger partial charge < -0.3 is 25.8 Å². The first-order valence-corrected chi connectivity index (χ1v) is 7.23. The van der Waals surface area contributed by atoms with Gasteiger partial charge in [-0.2, -0.15) is 9.97 Å². The van der Waals surface area contributed by atoms with Gasteiger partial charge >= 0.3 is 0 Å². The van der Waals surface area contributed by atoms with Crippen molar-refractivity contribution < 1.29 is 20.1 Å². The topological polar surface area (TPSA) is 140 Å². The molecule has 0 amide bonds. The predicted octanol–water partition coefficient (Wildman–Crippen LogP) is -0.380. The van der Waals surface area contributed by atoms with E-state index in [2.05, 4.69) is 21.5 Å². The zero-order valence-electron chi connectivity index (χ0n) is 12.0. The lowest BCUT2D eigenvalue weighted by Gasteiger charge is -2.30. The van der Waals surface area contributed by atoms with Gasteiger partial charge in [-0.25, -0.2) is 4.98 Å². The summed E-state index contributed by atoms with van der Waals surface area (Å²) in [5.74, 6) is -0.0613. The van der Waals surface area contributed by atoms with Crippen molar-refractivity contribution >= 4 is 28.7 Å². The number of anilines is 1. The second-order valence-corrected chi connectivity index (χ2v) is 5.69. The molecule has 0 spiro atoms. The van der Waals surface area contributed by atoms with Crippen LogP contribution in [0, 0.1) is 0 Å². The molecule has 0 saturated carbocycles. The van der Waals surface area contributed by atoms with Crippen molar-refractivity contribution in [2.24, 2.45) is 0 Å². The van der Waals surface area contributed by atoms with Gasteiger partial charge in [0.1, 0.15) is 23.3 Å². The molecule has 124 valence electrons. The van der Waals surface area contributed by atoms with Crippen molar-refractivity contribution in [1.82, 2.24) is 19.5 Å². The number of hydrogen-bond donors (Lipinski definition) is 4. The standard InChI is InChI=1S/C13H16ClN5O4/c1-2-3-13(22)8(21)6(4-20)23-11(13)19-5-16-7-9(14)17-12(15)18-10(7)19/h2,5-6,8,11,20-22H,1,3-4H2,(H2,15,17,18)/t6-,8-,11+,13-/m1/s1. The molecule has 0 bridgehead atoms. The first kappa shape index (κ1) is 16.1. The molecule has 0 aromatic carbocycles. The molecule has 0 radical (unpaired) electrons. The minimum Gasteiger partial charge on any atom is -0.394 e. The van der Waals surface area contributed by atoms with Crippen LogP contribution in [0.2, 0.25) is 5.15 Å². The fourth-order valence-corrected chi connectivity index (χ4v) is 3.02. The fourth-order valence-electron chi connectivity index (χ4n) is 2.80. The molecule has 9 nitrogen and oxygen atoms in total. The highest BCUT2D eigenvalue weighted by atomic mass is 35.5. The minimum atomic E-state index is -1.71. The van der Waals surface area contributed by atoms with Gasteiger partial charge in [-0.05, 0) is 0 Å². The van der Waals surface area contributed by atoms with Crippen LogP contribution in [-0.4, -0.2) is 59.3 Å². The maximum atomic E-state index is 10.9. The van der Waals surface area contributed by atoms with Crippen molar-refractivity contribution in [3.05, 3.63) is 24.1 Å². The normalized spacial score (nSPS) is 30.9. The van der Waals surface area contributed by atoms with Crippen LogP contribution in [0.5, 0.6) is 0 Å². The third-order valence-electron chi connectivity index (χ3n) is 3.90. The maximum Gasteiger partial charge on any atom is 0.223 e. The van der Waals surface area contributed by atoms with Crippen LogP contribution < -0.4 is 5.73 Å². The van der Waals surface area contributed by atoms with Gasteiger partial charge in [0.2, 0.25) is 5.95 Å². The fraction of sp³-hybridized carbons (Fsp3) is 0.462. The SMILES string of the molecule is C=CC[C@@]1(O)[C@H](O)[C@@H](CO)O[C@@H]1n1cnc2c(Cl)nc(N)nc21. The van der Waals surface area contributed by atoms with E-state index < -0.39 is 30.6 Å². The number of aliphatic hydroxyl groups excluding tert-OH is 2. The van der Waals surface area contributed by atoms with E-state index in [0.29, 0.717) is 0 Å². The molecule has 1 aliphatic rings. The first-order valence-electron chi connectivity index (χ1n) is 6.85. The van der Waals surface area contributed by atoms with Crippen molar-refractivity contribution in [3.8, 4) is 0 Å². The number of fused-ring (bicyclic) bond motifs is 1. The van der Waals surface area contributed by atoms with Crippen LogP contribution in [0.15, 0.2) is 19.0 Å². The third kappa shape index (κ3) is 2.37. The third-order valence-corrected chi connectivity index (χ3v) is 4.16. The number of imidazole rings is 1. The van der Waals surface area contributed by atoms with E-state index in [1.165, 1.54) is 17.0 Å². The summed E-state index contributed by atoms with van der Waals surface area (Å²) < 4.78 is 7.01. The number of nitrogens with two attached hydrogens (primary N) is 1. The number of hydrogen-bond acceptors (Lipinski definition) is 8. The lowest BCUT2D eigenvalue weighted by atomic mass is 9.90. The summed E-state index contributed by atoms with van der Waals surface area (Å²) in [5.41, 5.74) is 4.42. The highest BCUT2D eigenvalue weighted by Gasteiger charge is 2.55.